The van der Waals surface area contributed by atoms with Gasteiger partial charge in [0.2, 0.25) is 5.91 Å². The lowest BCUT2D eigenvalue weighted by molar-refractivity contribution is -0.142. The molecule has 2 aliphatic carbocycles. The number of alkyl carbamates (subject to hydrolysis) is 1. The molecule has 0 aromatic heterocycles. The van der Waals surface area contributed by atoms with Crippen LogP contribution in [0.4, 0.5) is 4.79 Å². The van der Waals surface area contributed by atoms with Gasteiger partial charge in [0.1, 0.15) is 12.5 Å². The Bertz CT molecular complexity index is 1050. The first-order valence-electron chi connectivity index (χ1n) is 11.7. The Kier molecular flexibility index (Phi) is 6.24. The quantitative estimate of drug-likeness (QED) is 0.554. The predicted molar refractivity (Wildman–Crippen MR) is 123 cm³/mol. The zero-order valence-corrected chi connectivity index (χ0v) is 18.7. The molecule has 0 spiro atoms. The lowest BCUT2D eigenvalue weighted by Gasteiger charge is -2.21. The summed E-state index contributed by atoms with van der Waals surface area (Å²) in [6, 6.07) is 15.4. The molecule has 8 heteroatoms. The van der Waals surface area contributed by atoms with Crippen LogP contribution in [0.2, 0.25) is 0 Å². The van der Waals surface area contributed by atoms with E-state index < -0.39 is 24.0 Å². The Labute approximate surface area is 197 Å². The van der Waals surface area contributed by atoms with Crippen molar-refractivity contribution in [1.29, 1.82) is 0 Å². The molecule has 0 radical (unpaired) electrons. The Hall–Kier alpha value is -3.39. The van der Waals surface area contributed by atoms with E-state index >= 15 is 0 Å². The summed E-state index contributed by atoms with van der Waals surface area (Å²) in [5.41, 5.74) is 4.60. The molecule has 3 N–H and O–H groups in total. The summed E-state index contributed by atoms with van der Waals surface area (Å²) in [6.07, 6.45) is 1.41. The number of amides is 2. The van der Waals surface area contributed by atoms with E-state index in [1.807, 2.05) is 24.3 Å². The van der Waals surface area contributed by atoms with Crippen LogP contribution in [0.1, 0.15) is 36.3 Å². The second-order valence-electron chi connectivity index (χ2n) is 9.27. The summed E-state index contributed by atoms with van der Waals surface area (Å²) in [7, 11) is 0. The minimum atomic E-state index is -0.988. The molecule has 2 aromatic carbocycles. The SMILES string of the molecule is O=C(CC(NC(=O)OCC1c2ccccc2-c2ccccc21)C1CC1)NC1COCC1C(=O)O. The summed E-state index contributed by atoms with van der Waals surface area (Å²) in [5.74, 6) is -1.84. The average Bonchev–Trinajstić information content (AvgIpc) is 3.49. The largest absolute Gasteiger partial charge is 0.481 e. The molecule has 1 saturated heterocycles. The van der Waals surface area contributed by atoms with Crippen LogP contribution < -0.4 is 10.6 Å². The van der Waals surface area contributed by atoms with Gasteiger partial charge in [0.05, 0.1) is 19.3 Å². The zero-order valence-electron chi connectivity index (χ0n) is 18.7. The molecule has 178 valence electrons. The van der Waals surface area contributed by atoms with Crippen molar-refractivity contribution < 1.29 is 29.0 Å². The highest BCUT2D eigenvalue weighted by Gasteiger charge is 2.38. The Morgan fingerprint density at radius 3 is 2.26 bits per heavy atom. The fourth-order valence-electron chi connectivity index (χ4n) is 5.03. The number of carboxylic acids is 1. The lowest BCUT2D eigenvalue weighted by Crippen LogP contribution is -2.46. The molecule has 2 aromatic rings. The first kappa shape index (κ1) is 22.4. The third kappa shape index (κ3) is 4.63. The van der Waals surface area contributed by atoms with Crippen molar-refractivity contribution in [3.05, 3.63) is 59.7 Å². The number of carbonyl (C=O) groups excluding carboxylic acids is 2. The van der Waals surface area contributed by atoms with Gasteiger partial charge in [-0.1, -0.05) is 48.5 Å². The van der Waals surface area contributed by atoms with Gasteiger partial charge in [0.15, 0.2) is 0 Å². The molecule has 34 heavy (non-hydrogen) atoms. The maximum atomic E-state index is 12.7. The molecular weight excluding hydrogens is 436 g/mol. The van der Waals surface area contributed by atoms with Gasteiger partial charge >= 0.3 is 12.1 Å². The Balaban J connectivity index is 1.18. The van der Waals surface area contributed by atoms with Crippen LogP contribution in [0.15, 0.2) is 48.5 Å². The van der Waals surface area contributed by atoms with Crippen LogP contribution in [-0.4, -0.2) is 55.0 Å². The first-order valence-corrected chi connectivity index (χ1v) is 11.7. The van der Waals surface area contributed by atoms with Crippen LogP contribution in [0.25, 0.3) is 11.1 Å². The minimum absolute atomic E-state index is 0.0313. The van der Waals surface area contributed by atoms with E-state index in [0.717, 1.165) is 35.1 Å². The number of hydrogen-bond donors (Lipinski definition) is 3. The Morgan fingerprint density at radius 1 is 1.00 bits per heavy atom. The topological polar surface area (TPSA) is 114 Å². The van der Waals surface area contributed by atoms with Crippen molar-refractivity contribution in [3.63, 3.8) is 0 Å². The number of hydrogen-bond acceptors (Lipinski definition) is 5. The lowest BCUT2D eigenvalue weighted by atomic mass is 9.98. The maximum Gasteiger partial charge on any atom is 0.407 e. The fourth-order valence-corrected chi connectivity index (χ4v) is 5.03. The van der Waals surface area contributed by atoms with Gasteiger partial charge in [-0.2, -0.15) is 0 Å². The third-order valence-electron chi connectivity index (χ3n) is 6.99. The van der Waals surface area contributed by atoms with Gasteiger partial charge in [-0.15, -0.1) is 0 Å². The highest BCUT2D eigenvalue weighted by molar-refractivity contribution is 5.80. The van der Waals surface area contributed by atoms with Gasteiger partial charge in [-0.05, 0) is 41.0 Å². The molecule has 3 unspecified atom stereocenters. The molecule has 2 fully saturated rings. The minimum Gasteiger partial charge on any atom is -0.481 e. The predicted octanol–water partition coefficient (Wildman–Crippen LogP) is 2.91. The van der Waals surface area contributed by atoms with E-state index in [-0.39, 0.29) is 50.0 Å². The van der Waals surface area contributed by atoms with Crippen LogP contribution in [0.3, 0.4) is 0 Å². The number of rotatable bonds is 8. The number of benzene rings is 2. The van der Waals surface area contributed by atoms with Crippen molar-refractivity contribution in [2.75, 3.05) is 19.8 Å². The number of carboxylic acid groups (broad SMARTS) is 1. The number of carbonyl (C=O) groups is 3. The van der Waals surface area contributed by atoms with Crippen molar-refractivity contribution >= 4 is 18.0 Å². The summed E-state index contributed by atoms with van der Waals surface area (Å²) in [5, 5.41) is 14.9. The standard InChI is InChI=1S/C26H28N2O6/c29-24(27-23-14-33-12-21(23)25(30)31)11-22(15-9-10-15)28-26(32)34-13-20-18-7-3-1-5-16(18)17-6-2-4-8-19(17)20/h1-8,15,20-23H,9-14H2,(H,27,29)(H,28,32)(H,30,31). The summed E-state index contributed by atoms with van der Waals surface area (Å²) in [6.45, 7) is 0.476. The van der Waals surface area contributed by atoms with Crippen molar-refractivity contribution in [2.45, 2.75) is 37.3 Å². The number of fused-ring (bicyclic) bond motifs is 3. The second kappa shape index (κ2) is 9.46. The van der Waals surface area contributed by atoms with Crippen molar-refractivity contribution in [3.8, 4) is 11.1 Å². The van der Waals surface area contributed by atoms with Crippen LogP contribution in [0, 0.1) is 11.8 Å². The molecule has 8 nitrogen and oxygen atoms in total. The second-order valence-corrected chi connectivity index (χ2v) is 9.27. The third-order valence-corrected chi connectivity index (χ3v) is 6.99. The highest BCUT2D eigenvalue weighted by atomic mass is 16.5. The van der Waals surface area contributed by atoms with Crippen LogP contribution in [0.5, 0.6) is 0 Å². The first-order chi connectivity index (χ1) is 16.5. The van der Waals surface area contributed by atoms with Gasteiger partial charge < -0.3 is 25.2 Å². The monoisotopic (exact) mass is 464 g/mol. The average molecular weight is 465 g/mol. The molecule has 3 aliphatic rings. The summed E-state index contributed by atoms with van der Waals surface area (Å²) >= 11 is 0. The smallest absolute Gasteiger partial charge is 0.407 e. The van der Waals surface area contributed by atoms with Gasteiger partial charge in [-0.25, -0.2) is 4.79 Å². The number of ether oxygens (including phenoxy) is 2. The highest BCUT2D eigenvalue weighted by Crippen LogP contribution is 2.44. The maximum absolute atomic E-state index is 12.7. The fraction of sp³-hybridized carbons (Fsp3) is 0.423. The van der Waals surface area contributed by atoms with E-state index in [1.54, 1.807) is 0 Å². The molecule has 1 saturated carbocycles. The van der Waals surface area contributed by atoms with Crippen LogP contribution in [-0.2, 0) is 19.1 Å². The molecule has 5 rings (SSSR count). The number of aliphatic carboxylic acids is 1. The van der Waals surface area contributed by atoms with Gasteiger partial charge in [-0.3, -0.25) is 9.59 Å². The summed E-state index contributed by atoms with van der Waals surface area (Å²) in [4.78, 5) is 36.6. The molecule has 0 bridgehead atoms. The van der Waals surface area contributed by atoms with Gasteiger partial charge in [0.25, 0.3) is 0 Å². The van der Waals surface area contributed by atoms with Crippen molar-refractivity contribution in [1.82, 2.24) is 10.6 Å². The van der Waals surface area contributed by atoms with Crippen molar-refractivity contribution in [2.24, 2.45) is 11.8 Å². The zero-order chi connectivity index (χ0) is 23.7. The van der Waals surface area contributed by atoms with E-state index in [2.05, 4.69) is 34.9 Å². The van der Waals surface area contributed by atoms with Gasteiger partial charge in [0, 0.05) is 18.4 Å². The summed E-state index contributed by atoms with van der Waals surface area (Å²) < 4.78 is 10.8. The van der Waals surface area contributed by atoms with Crippen LogP contribution >= 0.6 is 0 Å². The molecule has 2 amide bonds. The van der Waals surface area contributed by atoms with E-state index in [0.29, 0.717) is 0 Å². The normalized spacial score (nSPS) is 21.9. The molecule has 1 heterocycles. The molecule has 1 aliphatic heterocycles. The van der Waals surface area contributed by atoms with E-state index in [1.165, 1.54) is 0 Å². The Morgan fingerprint density at radius 2 is 1.65 bits per heavy atom. The van der Waals surface area contributed by atoms with E-state index in [4.69, 9.17) is 9.47 Å². The molecule has 3 atom stereocenters. The molecular formula is C26H28N2O6. The number of nitrogens with one attached hydrogen (secondary N) is 2. The van der Waals surface area contributed by atoms with E-state index in [9.17, 15) is 19.5 Å².